The number of allylic oxidation sites excluding steroid dienone is 1. The summed E-state index contributed by atoms with van der Waals surface area (Å²) < 4.78 is 0. The number of thioether (sulfide) groups is 1. The Morgan fingerprint density at radius 1 is 1.56 bits per heavy atom. The van der Waals surface area contributed by atoms with E-state index < -0.39 is 0 Å². The second-order valence-electron chi connectivity index (χ2n) is 2.56. The van der Waals surface area contributed by atoms with Crippen molar-refractivity contribution < 1.29 is 4.79 Å². The molecule has 0 N–H and O–H groups in total. The molecule has 0 aromatic heterocycles. The van der Waals surface area contributed by atoms with E-state index in [-0.39, 0.29) is 5.25 Å². The summed E-state index contributed by atoms with van der Waals surface area (Å²) in [5, 5.41) is 0.935. The number of hydrogen-bond donors (Lipinski definition) is 0. The van der Waals surface area contributed by atoms with Crippen LogP contribution in [0.5, 0.6) is 0 Å². The summed E-state index contributed by atoms with van der Waals surface area (Å²) in [7, 11) is 0. The fraction of sp³-hybridized carbons (Fsp3) is 0.571. The van der Waals surface area contributed by atoms with E-state index in [9.17, 15) is 4.79 Å². The summed E-state index contributed by atoms with van der Waals surface area (Å²) in [6.45, 7) is 0. The number of carbonyl (C=O) groups is 1. The summed E-state index contributed by atoms with van der Waals surface area (Å²) in [5.41, 5.74) is 0. The smallest absolute Gasteiger partial charge is 0.133 e. The monoisotopic (exact) mass is 140 g/mol. The standard InChI is InChI=1S/C7H8OS/c8-4-7-5-1-2-6(3-5)9-7/h1-2,4-7H,3H2/t5-,6+,7+/m1/s1. The van der Waals surface area contributed by atoms with E-state index in [2.05, 4.69) is 12.2 Å². The predicted molar refractivity (Wildman–Crippen MR) is 38.5 cm³/mol. The van der Waals surface area contributed by atoms with Crippen LogP contribution in [0.3, 0.4) is 0 Å². The average molecular weight is 140 g/mol. The quantitative estimate of drug-likeness (QED) is 0.402. The molecule has 9 heavy (non-hydrogen) atoms. The molecule has 1 aliphatic heterocycles. The fourth-order valence-electron chi connectivity index (χ4n) is 1.47. The molecule has 0 saturated carbocycles. The topological polar surface area (TPSA) is 17.1 Å². The van der Waals surface area contributed by atoms with Gasteiger partial charge in [0, 0.05) is 5.25 Å². The Hall–Kier alpha value is -0.240. The van der Waals surface area contributed by atoms with Gasteiger partial charge in [-0.2, -0.15) is 0 Å². The highest BCUT2D eigenvalue weighted by Gasteiger charge is 2.35. The number of fused-ring (bicyclic) bond motifs is 2. The Kier molecular flexibility index (Phi) is 1.15. The second kappa shape index (κ2) is 1.87. The first-order valence-electron chi connectivity index (χ1n) is 3.19. The SMILES string of the molecule is O=C[C@@H]1S[C@H]2C=C[C@@H]1C2. The highest BCUT2D eigenvalue weighted by atomic mass is 32.2. The molecule has 1 heterocycles. The van der Waals surface area contributed by atoms with E-state index in [1.165, 1.54) is 6.42 Å². The van der Waals surface area contributed by atoms with Crippen molar-refractivity contribution in [3.8, 4) is 0 Å². The largest absolute Gasteiger partial charge is 0.302 e. The molecule has 3 atom stereocenters. The van der Waals surface area contributed by atoms with E-state index in [1.54, 1.807) is 11.8 Å². The molecule has 0 amide bonds. The van der Waals surface area contributed by atoms with Crippen LogP contribution in [0.4, 0.5) is 0 Å². The second-order valence-corrected chi connectivity index (χ2v) is 3.98. The molecule has 2 bridgehead atoms. The summed E-state index contributed by atoms with van der Waals surface area (Å²) in [5.74, 6) is 0.567. The van der Waals surface area contributed by atoms with Gasteiger partial charge < -0.3 is 4.79 Å². The van der Waals surface area contributed by atoms with Crippen molar-refractivity contribution in [3.63, 3.8) is 0 Å². The maximum atomic E-state index is 10.3. The molecule has 1 nitrogen and oxygen atoms in total. The highest BCUT2D eigenvalue weighted by Crippen LogP contribution is 2.43. The Morgan fingerprint density at radius 2 is 2.44 bits per heavy atom. The van der Waals surface area contributed by atoms with Crippen molar-refractivity contribution in [1.82, 2.24) is 0 Å². The van der Waals surface area contributed by atoms with Crippen molar-refractivity contribution >= 4 is 18.0 Å². The molecular formula is C7H8OS. The summed E-state index contributed by atoms with van der Waals surface area (Å²) >= 11 is 1.81. The molecule has 0 aromatic rings. The molecule has 2 rings (SSSR count). The minimum absolute atomic E-state index is 0.278. The zero-order valence-electron chi connectivity index (χ0n) is 4.99. The van der Waals surface area contributed by atoms with Crippen LogP contribution in [0.25, 0.3) is 0 Å². The number of aldehydes is 1. The normalized spacial score (nSPS) is 46.0. The molecule has 1 aliphatic carbocycles. The number of carbonyl (C=O) groups excluding carboxylic acids is 1. The molecule has 48 valence electrons. The van der Waals surface area contributed by atoms with Crippen LogP contribution in [0.1, 0.15) is 6.42 Å². The lowest BCUT2D eigenvalue weighted by atomic mass is 10.1. The Labute approximate surface area is 58.5 Å². The maximum Gasteiger partial charge on any atom is 0.133 e. The van der Waals surface area contributed by atoms with Gasteiger partial charge in [0.05, 0.1) is 5.25 Å². The van der Waals surface area contributed by atoms with E-state index in [0.717, 1.165) is 6.29 Å². The zero-order chi connectivity index (χ0) is 6.27. The fourth-order valence-corrected chi connectivity index (χ4v) is 2.86. The zero-order valence-corrected chi connectivity index (χ0v) is 5.80. The molecule has 1 fully saturated rings. The molecule has 0 aromatic carbocycles. The van der Waals surface area contributed by atoms with Crippen LogP contribution in [0.2, 0.25) is 0 Å². The Balaban J connectivity index is 2.19. The van der Waals surface area contributed by atoms with Crippen LogP contribution in [-0.4, -0.2) is 16.8 Å². The third-order valence-corrected chi connectivity index (χ3v) is 3.44. The van der Waals surface area contributed by atoms with Crippen LogP contribution in [0, 0.1) is 5.92 Å². The van der Waals surface area contributed by atoms with Crippen molar-refractivity contribution in [2.75, 3.05) is 0 Å². The molecule has 2 aliphatic rings. The molecule has 2 heteroatoms. The summed E-state index contributed by atoms with van der Waals surface area (Å²) in [6.07, 6.45) is 6.68. The van der Waals surface area contributed by atoms with Gasteiger partial charge in [-0.25, -0.2) is 0 Å². The Bertz CT molecular complexity index is 164. The minimum Gasteiger partial charge on any atom is -0.302 e. The number of rotatable bonds is 1. The van der Waals surface area contributed by atoms with Gasteiger partial charge in [0.1, 0.15) is 6.29 Å². The molecular weight excluding hydrogens is 132 g/mol. The predicted octanol–water partition coefficient (Wildman–Crippen LogP) is 1.25. The Morgan fingerprint density at radius 3 is 2.78 bits per heavy atom. The molecule has 0 radical (unpaired) electrons. The molecule has 1 saturated heterocycles. The minimum atomic E-state index is 0.278. The van der Waals surface area contributed by atoms with Gasteiger partial charge >= 0.3 is 0 Å². The van der Waals surface area contributed by atoms with Gasteiger partial charge in [-0.15, -0.1) is 11.8 Å². The first-order valence-corrected chi connectivity index (χ1v) is 4.13. The molecule has 0 unspecified atom stereocenters. The van der Waals surface area contributed by atoms with Crippen molar-refractivity contribution in [2.45, 2.75) is 16.9 Å². The molecule has 0 spiro atoms. The van der Waals surface area contributed by atoms with Crippen LogP contribution >= 0.6 is 11.8 Å². The lowest BCUT2D eigenvalue weighted by Crippen LogP contribution is -2.10. The third kappa shape index (κ3) is 0.732. The van der Waals surface area contributed by atoms with Gasteiger partial charge in [-0.1, -0.05) is 12.2 Å². The van der Waals surface area contributed by atoms with E-state index in [1.807, 2.05) is 0 Å². The van der Waals surface area contributed by atoms with Crippen LogP contribution < -0.4 is 0 Å². The third-order valence-electron chi connectivity index (χ3n) is 1.97. The van der Waals surface area contributed by atoms with Gasteiger partial charge in [0.15, 0.2) is 0 Å². The summed E-state index contributed by atoms with van der Waals surface area (Å²) in [6, 6.07) is 0. The van der Waals surface area contributed by atoms with Gasteiger partial charge in [-0.3, -0.25) is 0 Å². The van der Waals surface area contributed by atoms with Gasteiger partial charge in [0.25, 0.3) is 0 Å². The lowest BCUT2D eigenvalue weighted by Gasteiger charge is -2.08. The average Bonchev–Trinajstić information content (AvgIpc) is 2.45. The first kappa shape index (κ1) is 5.54. The highest BCUT2D eigenvalue weighted by molar-refractivity contribution is 8.01. The van der Waals surface area contributed by atoms with Crippen molar-refractivity contribution in [1.29, 1.82) is 0 Å². The summed E-state index contributed by atoms with van der Waals surface area (Å²) in [4.78, 5) is 10.3. The van der Waals surface area contributed by atoms with Crippen molar-refractivity contribution in [2.24, 2.45) is 5.92 Å². The van der Waals surface area contributed by atoms with Gasteiger partial charge in [0.2, 0.25) is 0 Å². The lowest BCUT2D eigenvalue weighted by molar-refractivity contribution is -0.107. The van der Waals surface area contributed by atoms with E-state index in [0.29, 0.717) is 11.2 Å². The van der Waals surface area contributed by atoms with E-state index >= 15 is 0 Å². The first-order chi connectivity index (χ1) is 4.40. The van der Waals surface area contributed by atoms with Gasteiger partial charge in [-0.05, 0) is 12.3 Å². The maximum absolute atomic E-state index is 10.3. The van der Waals surface area contributed by atoms with Crippen LogP contribution in [0.15, 0.2) is 12.2 Å². The number of hydrogen-bond acceptors (Lipinski definition) is 2. The van der Waals surface area contributed by atoms with Crippen LogP contribution in [-0.2, 0) is 4.79 Å². The van der Waals surface area contributed by atoms with E-state index in [4.69, 9.17) is 0 Å². The van der Waals surface area contributed by atoms with Crippen molar-refractivity contribution in [3.05, 3.63) is 12.2 Å².